The molecule has 13 heteroatoms. The van der Waals surface area contributed by atoms with E-state index in [1.807, 2.05) is 60.7 Å². The van der Waals surface area contributed by atoms with Crippen LogP contribution in [0.5, 0.6) is 0 Å². The Morgan fingerprint density at radius 3 is 1.79 bits per heavy atom. The molecule has 1 unspecified atom stereocenters. The summed E-state index contributed by atoms with van der Waals surface area (Å²) in [7, 11) is 0. The number of nitro groups is 1. The lowest BCUT2D eigenvalue weighted by Gasteiger charge is -2.24. The Kier molecular flexibility index (Phi) is 15.9. The highest BCUT2D eigenvalue weighted by atomic mass is 16.6. The topological polar surface area (TPSA) is 172 Å². The Balaban J connectivity index is 0.000000264. The molecule has 2 saturated carbocycles. The van der Waals surface area contributed by atoms with Gasteiger partial charge in [-0.1, -0.05) is 66.7 Å². The summed E-state index contributed by atoms with van der Waals surface area (Å²) in [5.41, 5.74) is 1.78. The molecule has 0 aromatic heterocycles. The van der Waals surface area contributed by atoms with E-state index in [0.717, 1.165) is 36.8 Å². The monoisotopic (exact) mass is 667 g/mol. The number of amides is 2. The molecule has 3 atom stereocenters. The minimum absolute atomic E-state index is 0.102. The van der Waals surface area contributed by atoms with Crippen molar-refractivity contribution >= 4 is 24.1 Å². The number of nitrogens with zero attached hydrogens (tertiary/aromatic N) is 1. The lowest BCUT2D eigenvalue weighted by Crippen LogP contribution is -2.45. The molecule has 0 radical (unpaired) electrons. The zero-order valence-electron chi connectivity index (χ0n) is 27.4. The molecule has 2 aromatic rings. The zero-order chi connectivity index (χ0) is 34.7. The minimum Gasteiger partial charge on any atom is -0.466 e. The molecule has 2 fully saturated rings. The van der Waals surface area contributed by atoms with Gasteiger partial charge in [0, 0.05) is 17.0 Å². The van der Waals surface area contributed by atoms with Crippen molar-refractivity contribution in [2.24, 2.45) is 17.8 Å². The fourth-order valence-electron chi connectivity index (χ4n) is 4.96. The second-order valence-electron chi connectivity index (χ2n) is 11.5. The summed E-state index contributed by atoms with van der Waals surface area (Å²) in [4.78, 5) is 57.7. The Morgan fingerprint density at radius 2 is 1.31 bits per heavy atom. The van der Waals surface area contributed by atoms with Crippen LogP contribution in [-0.2, 0) is 41.8 Å². The first-order valence-corrected chi connectivity index (χ1v) is 16.2. The van der Waals surface area contributed by atoms with E-state index in [1.165, 1.54) is 6.08 Å². The van der Waals surface area contributed by atoms with Gasteiger partial charge in [-0.05, 0) is 62.5 Å². The van der Waals surface area contributed by atoms with Gasteiger partial charge in [-0.25, -0.2) is 14.4 Å². The van der Waals surface area contributed by atoms with Crippen LogP contribution in [0, 0.1) is 27.9 Å². The average Bonchev–Trinajstić information content (AvgIpc) is 4.00. The number of hydrogen-bond donors (Lipinski definition) is 2. The Bertz CT molecular complexity index is 1350. The number of hydrogen-bond acceptors (Lipinski definition) is 10. The van der Waals surface area contributed by atoms with Crippen molar-refractivity contribution in [1.29, 1.82) is 0 Å². The van der Waals surface area contributed by atoms with Gasteiger partial charge < -0.3 is 29.6 Å². The third-order valence-electron chi connectivity index (χ3n) is 7.61. The van der Waals surface area contributed by atoms with Crippen molar-refractivity contribution < 1.29 is 43.0 Å². The molecular weight excluding hydrogens is 622 g/mol. The predicted octanol–water partition coefficient (Wildman–Crippen LogP) is 5.35. The lowest BCUT2D eigenvalue weighted by atomic mass is 9.92. The average molecular weight is 668 g/mol. The number of alkyl carbamates (subject to hydrolysis) is 2. The van der Waals surface area contributed by atoms with Crippen molar-refractivity contribution in [2.75, 3.05) is 19.8 Å². The molecular formula is C35H45N3O10. The maximum absolute atomic E-state index is 12.1. The summed E-state index contributed by atoms with van der Waals surface area (Å²) < 4.78 is 20.1. The number of esters is 2. The van der Waals surface area contributed by atoms with Crippen LogP contribution in [0.2, 0.25) is 0 Å². The first kappa shape index (κ1) is 37.5. The molecule has 13 nitrogen and oxygen atoms in total. The van der Waals surface area contributed by atoms with E-state index in [0.29, 0.717) is 12.5 Å². The summed E-state index contributed by atoms with van der Waals surface area (Å²) in [6, 6.07) is 18.0. The van der Waals surface area contributed by atoms with Gasteiger partial charge in [-0.2, -0.15) is 0 Å². The molecule has 2 N–H and O–H groups in total. The molecule has 2 aliphatic rings. The molecule has 0 saturated heterocycles. The normalized spacial score (nSPS) is 15.5. The van der Waals surface area contributed by atoms with Gasteiger partial charge in [0.1, 0.15) is 13.2 Å². The van der Waals surface area contributed by atoms with E-state index >= 15 is 0 Å². The third kappa shape index (κ3) is 15.1. The number of ether oxygens (including phenoxy) is 4. The summed E-state index contributed by atoms with van der Waals surface area (Å²) in [5, 5.41) is 16.5. The largest absolute Gasteiger partial charge is 0.466 e. The van der Waals surface area contributed by atoms with Gasteiger partial charge in [0.25, 0.3) is 0 Å². The van der Waals surface area contributed by atoms with Gasteiger partial charge in [0.05, 0.1) is 31.6 Å². The van der Waals surface area contributed by atoms with Crippen molar-refractivity contribution in [1.82, 2.24) is 10.6 Å². The standard InChI is InChI=1S/C18H24N2O6.C17H21NO4/c1-2-25-16(21)10-15(11-20(23)24)17(14-8-9-14)19-18(22)26-12-13-6-4-3-5-7-13;1-2-21-16(19)11-10-15(14-8-9-14)18-17(20)22-12-13-6-4-3-5-7-13/h3-7,14-15,17H,2,8-12H2,1H3,(H,19,22);3-7,10-11,14-15H,2,8-9,12H2,1H3,(H,18,20)/t15?,17-;15-/m01/s1. The quantitative estimate of drug-likeness (QED) is 0.0737. The maximum Gasteiger partial charge on any atom is 0.407 e. The fourth-order valence-corrected chi connectivity index (χ4v) is 4.96. The van der Waals surface area contributed by atoms with Crippen LogP contribution in [0.25, 0.3) is 0 Å². The number of nitrogens with one attached hydrogen (secondary N) is 2. The van der Waals surface area contributed by atoms with E-state index < -0.39 is 47.6 Å². The van der Waals surface area contributed by atoms with Crippen LogP contribution >= 0.6 is 0 Å². The second-order valence-corrected chi connectivity index (χ2v) is 11.5. The van der Waals surface area contributed by atoms with Crippen LogP contribution < -0.4 is 10.6 Å². The van der Waals surface area contributed by atoms with Crippen molar-refractivity contribution in [3.63, 3.8) is 0 Å². The number of benzene rings is 2. The molecule has 0 spiro atoms. The van der Waals surface area contributed by atoms with E-state index in [2.05, 4.69) is 10.6 Å². The van der Waals surface area contributed by atoms with E-state index in [-0.39, 0.29) is 38.2 Å². The number of rotatable bonds is 17. The second kappa shape index (κ2) is 20.3. The molecule has 2 aromatic carbocycles. The highest BCUT2D eigenvalue weighted by Gasteiger charge is 2.41. The lowest BCUT2D eigenvalue weighted by molar-refractivity contribution is -0.489. The number of carbonyl (C=O) groups is 4. The molecule has 2 amide bonds. The van der Waals surface area contributed by atoms with Gasteiger partial charge >= 0.3 is 24.1 Å². The Morgan fingerprint density at radius 1 is 0.792 bits per heavy atom. The molecule has 0 aliphatic heterocycles. The Hall–Kier alpha value is -4.94. The smallest absolute Gasteiger partial charge is 0.407 e. The van der Waals surface area contributed by atoms with Crippen molar-refractivity contribution in [3.8, 4) is 0 Å². The number of carbonyl (C=O) groups excluding carboxylic acids is 4. The van der Waals surface area contributed by atoms with Crippen LogP contribution in [0.1, 0.15) is 57.1 Å². The van der Waals surface area contributed by atoms with Crippen LogP contribution in [0.15, 0.2) is 72.8 Å². The first-order chi connectivity index (χ1) is 23.2. The summed E-state index contributed by atoms with van der Waals surface area (Å²) in [6.45, 7) is 3.92. The van der Waals surface area contributed by atoms with E-state index in [4.69, 9.17) is 18.9 Å². The van der Waals surface area contributed by atoms with Crippen LogP contribution in [-0.4, -0.2) is 60.9 Å². The molecule has 260 valence electrons. The minimum atomic E-state index is -0.636. The summed E-state index contributed by atoms with van der Waals surface area (Å²) >= 11 is 0. The van der Waals surface area contributed by atoms with Crippen LogP contribution in [0.4, 0.5) is 9.59 Å². The zero-order valence-corrected chi connectivity index (χ0v) is 27.4. The molecule has 4 rings (SSSR count). The Labute approximate surface area is 280 Å². The van der Waals surface area contributed by atoms with Gasteiger partial charge in [0.2, 0.25) is 6.54 Å². The molecule has 0 heterocycles. The van der Waals surface area contributed by atoms with E-state index in [1.54, 1.807) is 19.9 Å². The predicted molar refractivity (Wildman–Crippen MR) is 175 cm³/mol. The molecule has 2 aliphatic carbocycles. The third-order valence-corrected chi connectivity index (χ3v) is 7.61. The highest BCUT2D eigenvalue weighted by Crippen LogP contribution is 2.37. The summed E-state index contributed by atoms with van der Waals surface area (Å²) in [6.07, 6.45) is 5.63. The molecule has 48 heavy (non-hydrogen) atoms. The first-order valence-electron chi connectivity index (χ1n) is 16.2. The van der Waals surface area contributed by atoms with Gasteiger partial charge in [-0.3, -0.25) is 14.9 Å². The van der Waals surface area contributed by atoms with Crippen molar-refractivity contribution in [2.45, 2.75) is 71.2 Å². The van der Waals surface area contributed by atoms with Gasteiger partial charge in [-0.15, -0.1) is 0 Å². The molecule has 0 bridgehead atoms. The summed E-state index contributed by atoms with van der Waals surface area (Å²) in [5.74, 6) is -1.02. The SMILES string of the molecule is CCOC(=O)C=C[C@@H](NC(=O)OCc1ccccc1)C1CC1.CCOC(=O)CC(C[N+](=O)[O-])[C@@H](NC(=O)OCc1ccccc1)C1CC1. The van der Waals surface area contributed by atoms with Crippen LogP contribution in [0.3, 0.4) is 0 Å². The van der Waals surface area contributed by atoms with Gasteiger partial charge in [0.15, 0.2) is 0 Å². The highest BCUT2D eigenvalue weighted by molar-refractivity contribution is 5.82. The maximum atomic E-state index is 12.1. The van der Waals surface area contributed by atoms with Crippen molar-refractivity contribution in [3.05, 3.63) is 94.1 Å². The fraction of sp³-hybridized carbons (Fsp3) is 0.486. The van der Waals surface area contributed by atoms with E-state index in [9.17, 15) is 29.3 Å².